The normalized spacial score (nSPS) is 10.6. The second-order valence-corrected chi connectivity index (χ2v) is 6.02. The van der Waals surface area contributed by atoms with Gasteiger partial charge in [-0.25, -0.2) is 9.97 Å². The minimum atomic E-state index is -0.356. The molecule has 7 nitrogen and oxygen atoms in total. The second-order valence-electron chi connectivity index (χ2n) is 6.02. The highest BCUT2D eigenvalue weighted by molar-refractivity contribution is 6.02. The van der Waals surface area contributed by atoms with E-state index in [1.54, 1.807) is 26.0 Å². The molecule has 0 spiro atoms. The number of amides is 1. The van der Waals surface area contributed by atoms with Crippen molar-refractivity contribution in [2.45, 2.75) is 27.7 Å². The fourth-order valence-corrected chi connectivity index (χ4v) is 2.68. The molecule has 0 aliphatic heterocycles. The number of aryl methyl sites for hydroxylation is 3. The maximum atomic E-state index is 12.5. The predicted octanol–water partition coefficient (Wildman–Crippen LogP) is 3.80. The number of hydrogen-bond acceptors (Lipinski definition) is 6. The first-order valence-electron chi connectivity index (χ1n) is 8.41. The maximum absolute atomic E-state index is 12.5. The molecule has 1 amide bonds. The lowest BCUT2D eigenvalue weighted by Gasteiger charge is -2.23. The van der Waals surface area contributed by atoms with Crippen LogP contribution >= 0.6 is 0 Å². The molecule has 3 aromatic rings. The van der Waals surface area contributed by atoms with Crippen LogP contribution < -0.4 is 10.2 Å². The average Bonchev–Trinajstić information content (AvgIpc) is 3.00. The SMILES string of the molecule is CCN(c1cccc(C)c1)c1cc(C(=O)Nc2cc(C)on2)nc(C)n1. The van der Waals surface area contributed by atoms with Crippen LogP contribution in [-0.2, 0) is 0 Å². The number of rotatable bonds is 5. The minimum Gasteiger partial charge on any atom is -0.360 e. The van der Waals surface area contributed by atoms with Gasteiger partial charge in [-0.1, -0.05) is 17.3 Å². The Balaban J connectivity index is 1.92. The fraction of sp³-hybridized carbons (Fsp3) is 0.263. The number of anilines is 3. The van der Waals surface area contributed by atoms with Gasteiger partial charge < -0.3 is 14.7 Å². The van der Waals surface area contributed by atoms with Crippen molar-refractivity contribution < 1.29 is 9.32 Å². The predicted molar refractivity (Wildman–Crippen MR) is 99.8 cm³/mol. The third-order valence-electron chi connectivity index (χ3n) is 3.83. The summed E-state index contributed by atoms with van der Waals surface area (Å²) in [5, 5.41) is 6.46. The molecule has 2 heterocycles. The van der Waals surface area contributed by atoms with Gasteiger partial charge in [0.15, 0.2) is 5.82 Å². The summed E-state index contributed by atoms with van der Waals surface area (Å²) in [7, 11) is 0. The summed E-state index contributed by atoms with van der Waals surface area (Å²) in [6, 6.07) is 11.5. The van der Waals surface area contributed by atoms with Crippen molar-refractivity contribution in [1.29, 1.82) is 0 Å². The van der Waals surface area contributed by atoms with Crippen molar-refractivity contribution in [3.63, 3.8) is 0 Å². The van der Waals surface area contributed by atoms with E-state index in [0.717, 1.165) is 11.3 Å². The Kier molecular flexibility index (Phi) is 4.97. The first kappa shape index (κ1) is 17.6. The molecule has 26 heavy (non-hydrogen) atoms. The van der Waals surface area contributed by atoms with Crippen molar-refractivity contribution in [2.75, 3.05) is 16.8 Å². The number of aromatic nitrogens is 3. The van der Waals surface area contributed by atoms with Crippen molar-refractivity contribution >= 4 is 23.2 Å². The summed E-state index contributed by atoms with van der Waals surface area (Å²) in [4.78, 5) is 23.3. The van der Waals surface area contributed by atoms with Gasteiger partial charge in [-0.05, 0) is 45.4 Å². The van der Waals surface area contributed by atoms with Crippen LogP contribution in [0.2, 0.25) is 0 Å². The molecule has 0 aliphatic rings. The molecule has 0 radical (unpaired) electrons. The van der Waals surface area contributed by atoms with E-state index in [4.69, 9.17) is 4.52 Å². The Hall–Kier alpha value is -3.22. The monoisotopic (exact) mass is 351 g/mol. The number of carbonyl (C=O) groups excluding carboxylic acids is 1. The molecule has 0 fully saturated rings. The third-order valence-corrected chi connectivity index (χ3v) is 3.83. The zero-order valence-electron chi connectivity index (χ0n) is 15.3. The van der Waals surface area contributed by atoms with Gasteiger partial charge in [0.25, 0.3) is 5.91 Å². The number of carbonyl (C=O) groups is 1. The van der Waals surface area contributed by atoms with E-state index in [9.17, 15) is 4.79 Å². The first-order valence-corrected chi connectivity index (χ1v) is 8.41. The summed E-state index contributed by atoms with van der Waals surface area (Å²) < 4.78 is 4.97. The number of nitrogens with one attached hydrogen (secondary N) is 1. The highest BCUT2D eigenvalue weighted by atomic mass is 16.5. The molecule has 7 heteroatoms. The molecule has 0 atom stereocenters. The Morgan fingerprint density at radius 3 is 2.62 bits per heavy atom. The van der Waals surface area contributed by atoms with Gasteiger partial charge >= 0.3 is 0 Å². The summed E-state index contributed by atoms with van der Waals surface area (Å²) >= 11 is 0. The van der Waals surface area contributed by atoms with Crippen molar-refractivity contribution in [1.82, 2.24) is 15.1 Å². The zero-order chi connectivity index (χ0) is 18.7. The van der Waals surface area contributed by atoms with E-state index in [0.29, 0.717) is 29.8 Å². The minimum absolute atomic E-state index is 0.277. The van der Waals surface area contributed by atoms with Gasteiger partial charge in [-0.3, -0.25) is 4.79 Å². The van der Waals surface area contributed by atoms with Gasteiger partial charge in [-0.15, -0.1) is 0 Å². The average molecular weight is 351 g/mol. The molecule has 0 unspecified atom stereocenters. The molecular weight excluding hydrogens is 330 g/mol. The molecule has 0 aliphatic carbocycles. The molecule has 1 N–H and O–H groups in total. The number of nitrogens with zero attached hydrogens (tertiary/aromatic N) is 4. The van der Waals surface area contributed by atoms with E-state index in [1.807, 2.05) is 36.9 Å². The van der Waals surface area contributed by atoms with Gasteiger partial charge in [0, 0.05) is 24.4 Å². The first-order chi connectivity index (χ1) is 12.5. The van der Waals surface area contributed by atoms with Crippen LogP contribution in [-0.4, -0.2) is 27.6 Å². The molecule has 0 saturated carbocycles. The van der Waals surface area contributed by atoms with Crippen LogP contribution in [0.4, 0.5) is 17.3 Å². The highest BCUT2D eigenvalue weighted by Gasteiger charge is 2.16. The molecule has 3 rings (SSSR count). The molecule has 0 bridgehead atoms. The quantitative estimate of drug-likeness (QED) is 0.753. The largest absolute Gasteiger partial charge is 0.360 e. The summed E-state index contributed by atoms with van der Waals surface area (Å²) in [5.74, 6) is 1.82. The molecule has 1 aromatic carbocycles. The van der Waals surface area contributed by atoms with Crippen LogP contribution in [0.5, 0.6) is 0 Å². The number of hydrogen-bond donors (Lipinski definition) is 1. The lowest BCUT2D eigenvalue weighted by atomic mass is 10.2. The van der Waals surface area contributed by atoms with Crippen molar-refractivity contribution in [2.24, 2.45) is 0 Å². The van der Waals surface area contributed by atoms with E-state index < -0.39 is 0 Å². The standard InChI is InChI=1S/C19H21N5O2/c1-5-24(15-8-6-7-12(2)9-15)18-11-16(20-14(4)21-18)19(25)22-17-10-13(3)26-23-17/h6-11H,5H2,1-4H3,(H,22,23,25). The highest BCUT2D eigenvalue weighted by Crippen LogP contribution is 2.25. The second kappa shape index (κ2) is 7.35. The van der Waals surface area contributed by atoms with E-state index in [1.165, 1.54) is 0 Å². The summed E-state index contributed by atoms with van der Waals surface area (Å²) in [6.07, 6.45) is 0. The Bertz CT molecular complexity index is 935. The lowest BCUT2D eigenvalue weighted by Crippen LogP contribution is -2.21. The third kappa shape index (κ3) is 3.88. The Morgan fingerprint density at radius 2 is 1.96 bits per heavy atom. The fourth-order valence-electron chi connectivity index (χ4n) is 2.68. The van der Waals surface area contributed by atoms with Crippen LogP contribution in [0.3, 0.4) is 0 Å². The van der Waals surface area contributed by atoms with Crippen LogP contribution in [0.25, 0.3) is 0 Å². The zero-order valence-corrected chi connectivity index (χ0v) is 15.3. The number of benzene rings is 1. The molecule has 0 saturated heterocycles. The van der Waals surface area contributed by atoms with Gasteiger partial charge in [0.2, 0.25) is 0 Å². The topological polar surface area (TPSA) is 84.2 Å². The van der Waals surface area contributed by atoms with Crippen LogP contribution in [0.1, 0.15) is 34.6 Å². The van der Waals surface area contributed by atoms with Gasteiger partial charge in [-0.2, -0.15) is 0 Å². The smallest absolute Gasteiger partial charge is 0.275 e. The lowest BCUT2D eigenvalue weighted by molar-refractivity contribution is 0.102. The maximum Gasteiger partial charge on any atom is 0.275 e. The van der Waals surface area contributed by atoms with Gasteiger partial charge in [0.1, 0.15) is 23.1 Å². The molecule has 2 aromatic heterocycles. The summed E-state index contributed by atoms with van der Waals surface area (Å²) in [6.45, 7) is 8.32. The van der Waals surface area contributed by atoms with E-state index in [-0.39, 0.29) is 11.6 Å². The Labute approximate surface area is 152 Å². The van der Waals surface area contributed by atoms with Crippen molar-refractivity contribution in [3.8, 4) is 0 Å². The van der Waals surface area contributed by atoms with Crippen LogP contribution in [0.15, 0.2) is 40.9 Å². The van der Waals surface area contributed by atoms with E-state index in [2.05, 4.69) is 26.5 Å². The summed E-state index contributed by atoms with van der Waals surface area (Å²) in [5.41, 5.74) is 2.45. The van der Waals surface area contributed by atoms with Gasteiger partial charge in [0.05, 0.1) is 0 Å². The molecule has 134 valence electrons. The van der Waals surface area contributed by atoms with Crippen molar-refractivity contribution in [3.05, 3.63) is 59.2 Å². The van der Waals surface area contributed by atoms with E-state index >= 15 is 0 Å². The Morgan fingerprint density at radius 1 is 1.15 bits per heavy atom. The molecular formula is C19H21N5O2. The van der Waals surface area contributed by atoms with Crippen LogP contribution in [0, 0.1) is 20.8 Å².